The topological polar surface area (TPSA) is 36.4 Å². The molecule has 0 aromatic heterocycles. The summed E-state index contributed by atoms with van der Waals surface area (Å²) in [6, 6.07) is 4.50. The second-order valence-corrected chi connectivity index (χ2v) is 5.41. The molecule has 2 N–H and O–H groups in total. The van der Waals surface area contributed by atoms with E-state index in [4.69, 9.17) is 4.99 Å². The molecule has 1 fully saturated rings. The van der Waals surface area contributed by atoms with E-state index in [2.05, 4.69) is 36.6 Å². The molecule has 3 nitrogen and oxygen atoms in total. The van der Waals surface area contributed by atoms with E-state index in [1.165, 1.54) is 41.6 Å². The van der Waals surface area contributed by atoms with Crippen LogP contribution in [0, 0.1) is 6.92 Å². The summed E-state index contributed by atoms with van der Waals surface area (Å²) in [5.41, 5.74) is 5.45. The summed E-state index contributed by atoms with van der Waals surface area (Å²) in [6.45, 7) is 6.44. The number of hydrogen-bond donors (Lipinski definition) is 2. The van der Waals surface area contributed by atoms with E-state index in [9.17, 15) is 0 Å². The highest BCUT2D eigenvalue weighted by Crippen LogP contribution is 2.39. The fourth-order valence-corrected chi connectivity index (χ4v) is 3.03. The van der Waals surface area contributed by atoms with Gasteiger partial charge in [0.15, 0.2) is 5.96 Å². The number of aliphatic imine (C=N–C) groups is 1. The van der Waals surface area contributed by atoms with Crippen molar-refractivity contribution in [1.82, 2.24) is 10.6 Å². The van der Waals surface area contributed by atoms with Gasteiger partial charge in [-0.15, -0.1) is 0 Å². The van der Waals surface area contributed by atoms with E-state index in [1.54, 1.807) is 0 Å². The first-order valence-corrected chi connectivity index (χ1v) is 6.94. The van der Waals surface area contributed by atoms with Crippen molar-refractivity contribution in [3.05, 3.63) is 28.8 Å². The van der Waals surface area contributed by atoms with Gasteiger partial charge in [0.1, 0.15) is 0 Å². The Morgan fingerprint density at radius 3 is 2.78 bits per heavy atom. The molecule has 0 amide bonds. The maximum absolute atomic E-state index is 4.82. The minimum Gasteiger partial charge on any atom is -0.354 e. The number of aryl methyl sites for hydroxylation is 2. The molecule has 0 saturated carbocycles. The maximum atomic E-state index is 4.82. The van der Waals surface area contributed by atoms with Gasteiger partial charge in [-0.3, -0.25) is 0 Å². The molecule has 0 bridgehead atoms. The minimum atomic E-state index is 0.634. The second kappa shape index (κ2) is 4.63. The number of hydrogen-bond acceptors (Lipinski definition) is 1. The molecule has 0 radical (unpaired) electrons. The zero-order valence-electron chi connectivity index (χ0n) is 11.2. The van der Waals surface area contributed by atoms with Gasteiger partial charge in [0.25, 0.3) is 0 Å². The van der Waals surface area contributed by atoms with Crippen LogP contribution in [0.4, 0.5) is 5.69 Å². The van der Waals surface area contributed by atoms with Crippen molar-refractivity contribution >= 4 is 11.6 Å². The van der Waals surface area contributed by atoms with Crippen LogP contribution in [0.2, 0.25) is 0 Å². The fraction of sp³-hybridized carbons (Fsp3) is 0.533. The Hall–Kier alpha value is -1.51. The number of fused-ring (bicyclic) bond motifs is 1. The molecule has 1 aromatic carbocycles. The first kappa shape index (κ1) is 11.6. The van der Waals surface area contributed by atoms with Gasteiger partial charge in [0, 0.05) is 13.1 Å². The van der Waals surface area contributed by atoms with Crippen LogP contribution in [-0.4, -0.2) is 19.0 Å². The molecular formula is C15H21N3. The Balaban J connectivity index is 2.09. The average molecular weight is 243 g/mol. The Labute approximate surface area is 109 Å². The third-order valence-corrected chi connectivity index (χ3v) is 4.02. The number of benzene rings is 1. The van der Waals surface area contributed by atoms with Crippen molar-refractivity contribution in [2.45, 2.75) is 39.0 Å². The zero-order chi connectivity index (χ0) is 12.5. The molecule has 1 heterocycles. The first-order chi connectivity index (χ1) is 8.75. The van der Waals surface area contributed by atoms with Gasteiger partial charge in [-0.2, -0.15) is 0 Å². The molecule has 96 valence electrons. The van der Waals surface area contributed by atoms with Gasteiger partial charge >= 0.3 is 0 Å². The summed E-state index contributed by atoms with van der Waals surface area (Å²) in [5, 5.41) is 6.59. The monoisotopic (exact) mass is 243 g/mol. The molecule has 0 spiro atoms. The highest BCUT2D eigenvalue weighted by Gasteiger charge is 2.21. The molecule has 1 aliphatic carbocycles. The van der Waals surface area contributed by atoms with Gasteiger partial charge in [0.2, 0.25) is 0 Å². The van der Waals surface area contributed by atoms with Crippen LogP contribution in [-0.2, 0) is 6.42 Å². The summed E-state index contributed by atoms with van der Waals surface area (Å²) in [7, 11) is 0. The number of nitrogens with zero attached hydrogens (tertiary/aromatic N) is 1. The van der Waals surface area contributed by atoms with Gasteiger partial charge in [-0.1, -0.05) is 19.1 Å². The fourth-order valence-electron chi connectivity index (χ4n) is 3.03. The lowest BCUT2D eigenvalue weighted by atomic mass is 9.82. The summed E-state index contributed by atoms with van der Waals surface area (Å²) >= 11 is 0. The third-order valence-electron chi connectivity index (χ3n) is 4.02. The molecule has 1 aromatic rings. The van der Waals surface area contributed by atoms with Gasteiger partial charge in [-0.05, 0) is 48.8 Å². The minimum absolute atomic E-state index is 0.634. The molecule has 1 aliphatic heterocycles. The highest BCUT2D eigenvalue weighted by atomic mass is 15.2. The highest BCUT2D eigenvalue weighted by molar-refractivity contribution is 5.85. The summed E-state index contributed by atoms with van der Waals surface area (Å²) < 4.78 is 0. The smallest absolute Gasteiger partial charge is 0.196 e. The quantitative estimate of drug-likeness (QED) is 0.795. The van der Waals surface area contributed by atoms with Gasteiger partial charge < -0.3 is 10.6 Å². The van der Waals surface area contributed by atoms with Crippen LogP contribution >= 0.6 is 0 Å². The lowest BCUT2D eigenvalue weighted by molar-refractivity contribution is 0.590. The van der Waals surface area contributed by atoms with Crippen molar-refractivity contribution in [2.24, 2.45) is 4.99 Å². The van der Waals surface area contributed by atoms with Crippen LogP contribution in [0.3, 0.4) is 0 Å². The van der Waals surface area contributed by atoms with Crippen LogP contribution in [0.1, 0.15) is 42.4 Å². The standard InChI is InChI=1S/C15H21N3/c1-10-4-3-5-12-7-6-11(2)14(13(10)12)18-15-16-8-9-17-15/h6-7,10H,3-5,8-9H2,1-2H3,(H2,16,17,18). The summed E-state index contributed by atoms with van der Waals surface area (Å²) in [4.78, 5) is 4.82. The SMILES string of the molecule is Cc1ccc2c(c1N=C1NCCN1)C(C)CCC2. The first-order valence-electron chi connectivity index (χ1n) is 6.94. The van der Waals surface area contributed by atoms with E-state index in [-0.39, 0.29) is 0 Å². The zero-order valence-corrected chi connectivity index (χ0v) is 11.2. The molecule has 3 rings (SSSR count). The van der Waals surface area contributed by atoms with Crippen LogP contribution in [0.5, 0.6) is 0 Å². The lowest BCUT2D eigenvalue weighted by Crippen LogP contribution is -2.23. The normalized spacial score (nSPS) is 22.1. The molecule has 3 heteroatoms. The predicted octanol–water partition coefficient (Wildman–Crippen LogP) is 2.62. The Bertz CT molecular complexity index is 483. The largest absolute Gasteiger partial charge is 0.354 e. The van der Waals surface area contributed by atoms with E-state index in [0.29, 0.717) is 5.92 Å². The van der Waals surface area contributed by atoms with E-state index in [1.807, 2.05) is 0 Å². The molecule has 2 aliphatic rings. The number of guanidine groups is 1. The molecule has 1 atom stereocenters. The predicted molar refractivity (Wildman–Crippen MR) is 75.6 cm³/mol. The molecule has 18 heavy (non-hydrogen) atoms. The second-order valence-electron chi connectivity index (χ2n) is 5.41. The van der Waals surface area contributed by atoms with Crippen LogP contribution in [0.25, 0.3) is 0 Å². The third kappa shape index (κ3) is 1.98. The van der Waals surface area contributed by atoms with Gasteiger partial charge in [-0.25, -0.2) is 4.99 Å². The van der Waals surface area contributed by atoms with E-state index in [0.717, 1.165) is 19.0 Å². The summed E-state index contributed by atoms with van der Waals surface area (Å²) in [5.74, 6) is 1.57. The Kier molecular flexibility index (Phi) is 2.98. The lowest BCUT2D eigenvalue weighted by Gasteiger charge is -2.25. The Morgan fingerprint density at radius 2 is 2.00 bits per heavy atom. The average Bonchev–Trinajstić information content (AvgIpc) is 2.86. The van der Waals surface area contributed by atoms with Crippen molar-refractivity contribution in [1.29, 1.82) is 0 Å². The maximum Gasteiger partial charge on any atom is 0.196 e. The van der Waals surface area contributed by atoms with Crippen LogP contribution in [0.15, 0.2) is 17.1 Å². The molecule has 1 saturated heterocycles. The van der Waals surface area contributed by atoms with Crippen molar-refractivity contribution in [3.8, 4) is 0 Å². The van der Waals surface area contributed by atoms with Crippen molar-refractivity contribution in [3.63, 3.8) is 0 Å². The number of nitrogens with one attached hydrogen (secondary N) is 2. The van der Waals surface area contributed by atoms with Crippen LogP contribution < -0.4 is 10.6 Å². The van der Waals surface area contributed by atoms with E-state index >= 15 is 0 Å². The molecule has 1 unspecified atom stereocenters. The van der Waals surface area contributed by atoms with Crippen molar-refractivity contribution < 1.29 is 0 Å². The van der Waals surface area contributed by atoms with Gasteiger partial charge in [0.05, 0.1) is 5.69 Å². The Morgan fingerprint density at radius 1 is 1.22 bits per heavy atom. The van der Waals surface area contributed by atoms with Crippen molar-refractivity contribution in [2.75, 3.05) is 13.1 Å². The summed E-state index contributed by atoms with van der Waals surface area (Å²) in [6.07, 6.45) is 3.80. The number of rotatable bonds is 1. The molecular weight excluding hydrogens is 222 g/mol. The van der Waals surface area contributed by atoms with E-state index < -0.39 is 0 Å².